The molecule has 0 atom stereocenters. The molecule has 136 valence electrons. The van der Waals surface area contributed by atoms with E-state index in [9.17, 15) is 9.59 Å². The molecule has 0 saturated heterocycles. The lowest BCUT2D eigenvalue weighted by atomic mass is 10.1. The van der Waals surface area contributed by atoms with Crippen LogP contribution >= 0.6 is 15.9 Å². The van der Waals surface area contributed by atoms with Gasteiger partial charge in [0.05, 0.1) is 22.9 Å². The van der Waals surface area contributed by atoms with E-state index < -0.39 is 0 Å². The van der Waals surface area contributed by atoms with Gasteiger partial charge in [0.25, 0.3) is 11.8 Å². The number of carbonyl (C=O) groups is 2. The van der Waals surface area contributed by atoms with Crippen molar-refractivity contribution in [2.75, 3.05) is 11.9 Å². The lowest BCUT2D eigenvalue weighted by Gasteiger charge is -2.15. The van der Waals surface area contributed by atoms with Crippen LogP contribution in [0.15, 0.2) is 59.6 Å². The summed E-state index contributed by atoms with van der Waals surface area (Å²) in [6, 6.07) is 12.1. The van der Waals surface area contributed by atoms with Crippen LogP contribution in [0.2, 0.25) is 0 Å². The van der Waals surface area contributed by atoms with E-state index >= 15 is 0 Å². The van der Waals surface area contributed by atoms with E-state index in [1.807, 2.05) is 19.9 Å². The minimum absolute atomic E-state index is 0.0697. The van der Waals surface area contributed by atoms with Crippen molar-refractivity contribution >= 4 is 33.4 Å². The number of halogens is 1. The lowest BCUT2D eigenvalue weighted by Crippen LogP contribution is -2.25. The van der Waals surface area contributed by atoms with Gasteiger partial charge in [0.15, 0.2) is 0 Å². The molecule has 2 aromatic carbocycles. The van der Waals surface area contributed by atoms with Crippen molar-refractivity contribution in [3.63, 3.8) is 0 Å². The Balaban J connectivity index is 2.30. The molecule has 0 bridgehead atoms. The second-order valence-electron chi connectivity index (χ2n) is 5.81. The van der Waals surface area contributed by atoms with Crippen LogP contribution in [-0.2, 0) is 0 Å². The van der Waals surface area contributed by atoms with Gasteiger partial charge < -0.3 is 15.4 Å². The number of anilines is 1. The Labute approximate surface area is 161 Å². The molecule has 0 heterocycles. The molecule has 26 heavy (non-hydrogen) atoms. The second kappa shape index (κ2) is 9.20. The van der Waals surface area contributed by atoms with Crippen LogP contribution < -0.4 is 15.4 Å². The number of hydrogen-bond acceptors (Lipinski definition) is 3. The van der Waals surface area contributed by atoms with E-state index in [-0.39, 0.29) is 17.9 Å². The van der Waals surface area contributed by atoms with Crippen molar-refractivity contribution in [2.24, 2.45) is 0 Å². The number of ether oxygens (including phenoxy) is 1. The number of carbonyl (C=O) groups excluding carboxylic acids is 2. The Kier molecular flexibility index (Phi) is 6.97. The molecule has 2 rings (SSSR count). The van der Waals surface area contributed by atoms with E-state index in [0.717, 1.165) is 4.47 Å². The summed E-state index contributed by atoms with van der Waals surface area (Å²) in [7, 11) is 0. The highest BCUT2D eigenvalue weighted by Gasteiger charge is 2.17. The van der Waals surface area contributed by atoms with Gasteiger partial charge in [-0.3, -0.25) is 9.59 Å². The predicted molar refractivity (Wildman–Crippen MR) is 107 cm³/mol. The minimum Gasteiger partial charge on any atom is -0.490 e. The van der Waals surface area contributed by atoms with Crippen LogP contribution in [0.25, 0.3) is 0 Å². The standard InChI is InChI=1S/C20H21BrN2O3/c1-4-11-22-19(24)15-7-5-6-8-17(15)23-20(25)16-12-14(21)9-10-18(16)26-13(2)3/h4-10,12-13H,1,11H2,2-3H3,(H,22,24)(H,23,25). The Morgan fingerprint density at radius 1 is 1.15 bits per heavy atom. The van der Waals surface area contributed by atoms with Crippen molar-refractivity contribution in [3.05, 3.63) is 70.7 Å². The largest absolute Gasteiger partial charge is 0.490 e. The molecule has 0 aromatic heterocycles. The van der Waals surface area contributed by atoms with Crippen molar-refractivity contribution in [3.8, 4) is 5.75 Å². The zero-order valence-corrected chi connectivity index (χ0v) is 16.3. The topological polar surface area (TPSA) is 67.4 Å². The summed E-state index contributed by atoms with van der Waals surface area (Å²) < 4.78 is 6.48. The van der Waals surface area contributed by atoms with E-state index in [0.29, 0.717) is 29.1 Å². The molecule has 5 nitrogen and oxygen atoms in total. The number of nitrogens with one attached hydrogen (secondary N) is 2. The number of para-hydroxylation sites is 1. The smallest absolute Gasteiger partial charge is 0.259 e. The van der Waals surface area contributed by atoms with Crippen molar-refractivity contribution in [2.45, 2.75) is 20.0 Å². The maximum absolute atomic E-state index is 12.8. The molecule has 0 spiro atoms. The quantitative estimate of drug-likeness (QED) is 0.656. The van der Waals surface area contributed by atoms with Gasteiger partial charge in [0.1, 0.15) is 5.75 Å². The molecule has 0 aliphatic rings. The van der Waals surface area contributed by atoms with Crippen LogP contribution in [0.3, 0.4) is 0 Å². The average molecular weight is 417 g/mol. The van der Waals surface area contributed by atoms with Crippen molar-refractivity contribution in [1.29, 1.82) is 0 Å². The van der Waals surface area contributed by atoms with Crippen LogP contribution in [0, 0.1) is 0 Å². The molecule has 2 amide bonds. The molecule has 0 aliphatic carbocycles. The number of benzene rings is 2. The maximum atomic E-state index is 12.8. The third kappa shape index (κ3) is 5.20. The third-order valence-electron chi connectivity index (χ3n) is 3.38. The minimum atomic E-state index is -0.356. The highest BCUT2D eigenvalue weighted by molar-refractivity contribution is 9.10. The van der Waals surface area contributed by atoms with Crippen molar-refractivity contribution < 1.29 is 14.3 Å². The Bertz CT molecular complexity index is 818. The SMILES string of the molecule is C=CCNC(=O)c1ccccc1NC(=O)c1cc(Br)ccc1OC(C)C. The number of rotatable bonds is 7. The van der Waals surface area contributed by atoms with E-state index in [2.05, 4.69) is 33.1 Å². The zero-order chi connectivity index (χ0) is 19.1. The molecule has 0 fully saturated rings. The van der Waals surface area contributed by atoms with E-state index in [1.54, 1.807) is 42.5 Å². The van der Waals surface area contributed by atoms with E-state index in [4.69, 9.17) is 4.74 Å². The number of hydrogen-bond donors (Lipinski definition) is 2. The van der Waals surface area contributed by atoms with Gasteiger partial charge in [-0.2, -0.15) is 0 Å². The maximum Gasteiger partial charge on any atom is 0.259 e. The Morgan fingerprint density at radius 3 is 2.58 bits per heavy atom. The zero-order valence-electron chi connectivity index (χ0n) is 14.7. The summed E-state index contributed by atoms with van der Waals surface area (Å²) >= 11 is 3.37. The monoisotopic (exact) mass is 416 g/mol. The summed E-state index contributed by atoms with van der Waals surface area (Å²) in [5.74, 6) is -0.158. The average Bonchev–Trinajstić information content (AvgIpc) is 2.61. The predicted octanol–water partition coefficient (Wildman–Crippen LogP) is 4.40. The van der Waals surface area contributed by atoms with Crippen LogP contribution in [0.4, 0.5) is 5.69 Å². The third-order valence-corrected chi connectivity index (χ3v) is 3.87. The van der Waals surface area contributed by atoms with E-state index in [1.165, 1.54) is 0 Å². The van der Waals surface area contributed by atoms with Crippen molar-refractivity contribution in [1.82, 2.24) is 5.32 Å². The van der Waals surface area contributed by atoms with Crippen LogP contribution in [-0.4, -0.2) is 24.5 Å². The summed E-state index contributed by atoms with van der Waals surface area (Å²) in [6.45, 7) is 7.71. The van der Waals surface area contributed by atoms with Gasteiger partial charge in [0, 0.05) is 11.0 Å². The molecule has 2 aromatic rings. The fourth-order valence-corrected chi connectivity index (χ4v) is 2.64. The first kappa shape index (κ1) is 19.7. The van der Waals surface area contributed by atoms with Crippen LogP contribution in [0.1, 0.15) is 34.6 Å². The Morgan fingerprint density at radius 2 is 1.88 bits per heavy atom. The second-order valence-corrected chi connectivity index (χ2v) is 6.72. The molecule has 0 radical (unpaired) electrons. The molecular formula is C20H21BrN2O3. The molecular weight excluding hydrogens is 396 g/mol. The summed E-state index contributed by atoms with van der Waals surface area (Å²) in [6.07, 6.45) is 1.52. The van der Waals surface area contributed by atoms with Gasteiger partial charge in [-0.15, -0.1) is 6.58 Å². The highest BCUT2D eigenvalue weighted by Crippen LogP contribution is 2.26. The summed E-state index contributed by atoms with van der Waals surface area (Å²) in [5, 5.41) is 5.51. The molecule has 6 heteroatoms. The molecule has 2 N–H and O–H groups in total. The first-order valence-corrected chi connectivity index (χ1v) is 8.97. The molecule has 0 unspecified atom stereocenters. The fourth-order valence-electron chi connectivity index (χ4n) is 2.28. The normalized spacial score (nSPS) is 10.3. The van der Waals surface area contributed by atoms with Gasteiger partial charge in [-0.05, 0) is 44.2 Å². The number of amides is 2. The van der Waals surface area contributed by atoms with Gasteiger partial charge >= 0.3 is 0 Å². The van der Waals surface area contributed by atoms with Crippen LogP contribution in [0.5, 0.6) is 5.75 Å². The lowest BCUT2D eigenvalue weighted by molar-refractivity contribution is 0.0959. The highest BCUT2D eigenvalue weighted by atomic mass is 79.9. The molecule has 0 saturated carbocycles. The van der Waals surface area contributed by atoms with Gasteiger partial charge in [-0.25, -0.2) is 0 Å². The van der Waals surface area contributed by atoms with Gasteiger partial charge in [0.2, 0.25) is 0 Å². The first-order valence-electron chi connectivity index (χ1n) is 8.18. The Hall–Kier alpha value is -2.60. The fraction of sp³-hybridized carbons (Fsp3) is 0.200. The first-order chi connectivity index (χ1) is 12.4. The molecule has 0 aliphatic heterocycles. The van der Waals surface area contributed by atoms with Gasteiger partial charge in [-0.1, -0.05) is 34.1 Å². The summed E-state index contributed by atoms with van der Waals surface area (Å²) in [4.78, 5) is 25.1. The summed E-state index contributed by atoms with van der Waals surface area (Å²) in [5.41, 5.74) is 1.19.